The molecule has 13 heavy (non-hydrogen) atoms. The summed E-state index contributed by atoms with van der Waals surface area (Å²) in [6, 6.07) is 6.21. The van der Waals surface area contributed by atoms with Crippen LogP contribution < -0.4 is 5.73 Å². The summed E-state index contributed by atoms with van der Waals surface area (Å²) in [6.07, 6.45) is 1.60. The summed E-state index contributed by atoms with van der Waals surface area (Å²) < 4.78 is 16.5. The minimum absolute atomic E-state index is 0.244. The van der Waals surface area contributed by atoms with E-state index in [1.807, 2.05) is 0 Å². The molecule has 2 aromatic rings. The Morgan fingerprint density at radius 1 is 1.23 bits per heavy atom. The first-order valence-corrected chi connectivity index (χ1v) is 4.51. The van der Waals surface area contributed by atoms with E-state index in [1.54, 1.807) is 18.3 Å². The lowest BCUT2D eigenvalue weighted by Crippen LogP contribution is -1.83. The van der Waals surface area contributed by atoms with Gasteiger partial charge in [0.1, 0.15) is 5.82 Å². The Kier molecular flexibility index (Phi) is 1.98. The third-order valence-corrected chi connectivity index (χ3v) is 2.57. The van der Waals surface area contributed by atoms with Crippen LogP contribution in [-0.4, -0.2) is 4.37 Å². The summed E-state index contributed by atoms with van der Waals surface area (Å²) in [4.78, 5) is 0.889. The molecule has 0 aliphatic heterocycles. The maximum Gasteiger partial charge on any atom is 0.123 e. The summed E-state index contributed by atoms with van der Waals surface area (Å²) >= 11 is 1.31. The molecule has 0 fully saturated rings. The highest BCUT2D eigenvalue weighted by molar-refractivity contribution is 7.10. The standard InChI is InChI=1S/C9H7FN2S/c10-7-3-1-6(2-4-7)9-8(11)5-12-13-9/h1-5H,11H2. The van der Waals surface area contributed by atoms with Crippen molar-refractivity contribution in [2.24, 2.45) is 0 Å². The van der Waals surface area contributed by atoms with Crippen molar-refractivity contribution in [3.05, 3.63) is 36.3 Å². The predicted octanol–water partition coefficient (Wildman–Crippen LogP) is 2.53. The molecular formula is C9H7FN2S. The molecule has 0 aliphatic carbocycles. The van der Waals surface area contributed by atoms with E-state index in [0.29, 0.717) is 5.69 Å². The SMILES string of the molecule is Nc1cnsc1-c1ccc(F)cc1. The molecule has 1 heterocycles. The summed E-state index contributed by atoms with van der Waals surface area (Å²) in [5.41, 5.74) is 7.20. The molecule has 4 heteroatoms. The van der Waals surface area contributed by atoms with Crippen LogP contribution in [-0.2, 0) is 0 Å². The summed E-state index contributed by atoms with van der Waals surface area (Å²) in [5.74, 6) is -0.244. The van der Waals surface area contributed by atoms with Gasteiger partial charge in [0.25, 0.3) is 0 Å². The van der Waals surface area contributed by atoms with E-state index in [-0.39, 0.29) is 5.82 Å². The van der Waals surface area contributed by atoms with Crippen LogP contribution in [0.2, 0.25) is 0 Å². The molecule has 2 rings (SSSR count). The Balaban J connectivity index is 2.47. The summed E-state index contributed by atoms with van der Waals surface area (Å²) in [5, 5.41) is 0. The fourth-order valence-corrected chi connectivity index (χ4v) is 1.74. The van der Waals surface area contributed by atoms with Gasteiger partial charge >= 0.3 is 0 Å². The van der Waals surface area contributed by atoms with E-state index in [0.717, 1.165) is 10.4 Å². The number of nitrogens with zero attached hydrogens (tertiary/aromatic N) is 1. The number of nitrogens with two attached hydrogens (primary N) is 1. The van der Waals surface area contributed by atoms with Crippen LogP contribution >= 0.6 is 11.5 Å². The largest absolute Gasteiger partial charge is 0.396 e. The molecule has 1 aromatic carbocycles. The fraction of sp³-hybridized carbons (Fsp3) is 0. The first kappa shape index (κ1) is 8.19. The molecule has 0 unspecified atom stereocenters. The van der Waals surface area contributed by atoms with E-state index in [4.69, 9.17) is 5.73 Å². The number of hydrogen-bond acceptors (Lipinski definition) is 3. The van der Waals surface area contributed by atoms with E-state index >= 15 is 0 Å². The highest BCUT2D eigenvalue weighted by atomic mass is 32.1. The minimum Gasteiger partial charge on any atom is -0.396 e. The summed E-state index contributed by atoms with van der Waals surface area (Å²) in [6.45, 7) is 0. The van der Waals surface area contributed by atoms with Gasteiger partial charge in [-0.2, -0.15) is 4.37 Å². The minimum atomic E-state index is -0.244. The van der Waals surface area contributed by atoms with Crippen molar-refractivity contribution in [1.29, 1.82) is 0 Å². The number of aromatic nitrogens is 1. The fourth-order valence-electron chi connectivity index (χ4n) is 1.07. The van der Waals surface area contributed by atoms with Crippen LogP contribution in [0, 0.1) is 5.82 Å². The van der Waals surface area contributed by atoms with E-state index in [1.165, 1.54) is 23.7 Å². The molecule has 0 saturated carbocycles. The highest BCUT2D eigenvalue weighted by Crippen LogP contribution is 2.29. The van der Waals surface area contributed by atoms with Gasteiger partial charge in [0.15, 0.2) is 0 Å². The van der Waals surface area contributed by atoms with Crippen molar-refractivity contribution < 1.29 is 4.39 Å². The molecule has 1 aromatic heterocycles. The molecule has 0 aliphatic rings. The Morgan fingerprint density at radius 3 is 2.46 bits per heavy atom. The lowest BCUT2D eigenvalue weighted by Gasteiger charge is -1.97. The van der Waals surface area contributed by atoms with E-state index in [9.17, 15) is 4.39 Å². The predicted molar refractivity (Wildman–Crippen MR) is 51.9 cm³/mol. The third-order valence-electron chi connectivity index (χ3n) is 1.70. The van der Waals surface area contributed by atoms with Crippen LogP contribution in [0.4, 0.5) is 10.1 Å². The zero-order valence-electron chi connectivity index (χ0n) is 6.70. The van der Waals surface area contributed by atoms with Gasteiger partial charge < -0.3 is 5.73 Å². The first-order valence-electron chi connectivity index (χ1n) is 3.73. The van der Waals surface area contributed by atoms with Gasteiger partial charge in [-0.1, -0.05) is 12.1 Å². The zero-order valence-corrected chi connectivity index (χ0v) is 7.51. The molecule has 0 saturated heterocycles. The average molecular weight is 194 g/mol. The van der Waals surface area contributed by atoms with Crippen LogP contribution in [0.15, 0.2) is 30.5 Å². The number of anilines is 1. The second-order valence-electron chi connectivity index (χ2n) is 2.62. The van der Waals surface area contributed by atoms with Gasteiger partial charge in [-0.3, -0.25) is 0 Å². The first-order chi connectivity index (χ1) is 6.27. The quantitative estimate of drug-likeness (QED) is 0.757. The molecule has 0 radical (unpaired) electrons. The van der Waals surface area contributed by atoms with Crippen molar-refractivity contribution >= 4 is 17.2 Å². The Bertz CT molecular complexity index is 408. The monoisotopic (exact) mass is 194 g/mol. The molecule has 66 valence electrons. The number of halogens is 1. The second-order valence-corrected chi connectivity index (χ2v) is 3.42. The van der Waals surface area contributed by atoms with Crippen molar-refractivity contribution in [2.75, 3.05) is 5.73 Å². The Morgan fingerprint density at radius 2 is 1.92 bits per heavy atom. The van der Waals surface area contributed by atoms with Crippen LogP contribution in [0.25, 0.3) is 10.4 Å². The molecule has 0 spiro atoms. The van der Waals surface area contributed by atoms with Gasteiger partial charge in [0.05, 0.1) is 16.8 Å². The molecular weight excluding hydrogens is 187 g/mol. The van der Waals surface area contributed by atoms with Crippen LogP contribution in [0.1, 0.15) is 0 Å². The molecule has 0 bridgehead atoms. The Hall–Kier alpha value is -1.42. The zero-order chi connectivity index (χ0) is 9.26. The topological polar surface area (TPSA) is 38.9 Å². The number of nitrogen functional groups attached to an aromatic ring is 1. The molecule has 0 atom stereocenters. The van der Waals surface area contributed by atoms with Gasteiger partial charge in [-0.05, 0) is 29.2 Å². The average Bonchev–Trinajstić information content (AvgIpc) is 2.53. The Labute approximate surface area is 79.0 Å². The lowest BCUT2D eigenvalue weighted by atomic mass is 10.2. The van der Waals surface area contributed by atoms with Crippen LogP contribution in [0.5, 0.6) is 0 Å². The smallest absolute Gasteiger partial charge is 0.123 e. The van der Waals surface area contributed by atoms with Crippen molar-refractivity contribution in [1.82, 2.24) is 4.37 Å². The highest BCUT2D eigenvalue weighted by Gasteiger charge is 2.04. The van der Waals surface area contributed by atoms with Gasteiger partial charge in [-0.15, -0.1) is 0 Å². The molecule has 0 amide bonds. The summed E-state index contributed by atoms with van der Waals surface area (Å²) in [7, 11) is 0. The normalized spacial score (nSPS) is 10.2. The molecule has 2 nitrogen and oxygen atoms in total. The van der Waals surface area contributed by atoms with Crippen molar-refractivity contribution in [3.8, 4) is 10.4 Å². The maximum atomic E-state index is 12.6. The van der Waals surface area contributed by atoms with Gasteiger partial charge in [0, 0.05) is 0 Å². The number of hydrogen-bond donors (Lipinski definition) is 1. The van der Waals surface area contributed by atoms with E-state index < -0.39 is 0 Å². The van der Waals surface area contributed by atoms with Crippen LogP contribution in [0.3, 0.4) is 0 Å². The lowest BCUT2D eigenvalue weighted by molar-refractivity contribution is 0.628. The number of benzene rings is 1. The molecule has 2 N–H and O–H groups in total. The van der Waals surface area contributed by atoms with E-state index in [2.05, 4.69) is 4.37 Å². The van der Waals surface area contributed by atoms with Crippen molar-refractivity contribution in [2.45, 2.75) is 0 Å². The van der Waals surface area contributed by atoms with Crippen molar-refractivity contribution in [3.63, 3.8) is 0 Å². The van der Waals surface area contributed by atoms with Gasteiger partial charge in [0.2, 0.25) is 0 Å². The third kappa shape index (κ3) is 1.53. The van der Waals surface area contributed by atoms with Gasteiger partial charge in [-0.25, -0.2) is 4.39 Å². The maximum absolute atomic E-state index is 12.6. The number of rotatable bonds is 1. The second kappa shape index (κ2) is 3.14.